The molecule has 0 radical (unpaired) electrons. The van der Waals surface area contributed by atoms with E-state index in [2.05, 4.69) is 83.9 Å². The van der Waals surface area contributed by atoms with Crippen LogP contribution in [0.2, 0.25) is 10.0 Å². The van der Waals surface area contributed by atoms with E-state index in [0.717, 1.165) is 34.0 Å². The van der Waals surface area contributed by atoms with Crippen LogP contribution in [0.25, 0.3) is 27.7 Å². The molecule has 0 saturated heterocycles. The number of aliphatic hydroxyl groups is 1. The normalized spacial score (nSPS) is 12.2. The number of hydrogen-bond donors (Lipinski definition) is 8. The zero-order valence-electron chi connectivity index (χ0n) is 44.4. The second-order valence-electron chi connectivity index (χ2n) is 20.3. The maximum Gasteiger partial charge on any atom is 0.251 e. The van der Waals surface area contributed by atoms with E-state index in [9.17, 15) is 19.2 Å². The quantitative estimate of drug-likeness (QED) is 0.0315. The molecule has 0 fully saturated rings. The highest BCUT2D eigenvalue weighted by Crippen LogP contribution is 2.36. The first-order valence-corrected chi connectivity index (χ1v) is 26.0. The summed E-state index contributed by atoms with van der Waals surface area (Å²) in [5.74, 6) is -0.0494. The smallest absolute Gasteiger partial charge is 0.251 e. The molecule has 7 aromatic rings. The Morgan fingerprint density at radius 1 is 0.654 bits per heavy atom. The molecule has 0 bridgehead atoms. The Morgan fingerprint density at radius 2 is 1.17 bits per heavy atom. The summed E-state index contributed by atoms with van der Waals surface area (Å²) >= 11 is 12.9. The van der Waals surface area contributed by atoms with E-state index in [4.69, 9.17) is 33.3 Å². The molecule has 8 N–H and O–H groups in total. The Balaban J connectivity index is 0.000000226. The lowest BCUT2D eigenvalue weighted by atomic mass is 9.93. The SMILES string of the molecule is CC(C)(CNC(=O)c1ccc(NC(=O)/C=C/CO)cc1)CNc1ncc(Cl)c(-c2c[nH]c3ccccc23)n1.CN(C)C/C=C/C(=O)Nc1ccc(C(=O)NCC(C)(C)CNc2ncc(Cl)c(C3=CCc4ccccc43)n2)cc1. The van der Waals surface area contributed by atoms with Gasteiger partial charge in [-0.1, -0.05) is 112 Å². The molecule has 3 heterocycles. The third kappa shape index (κ3) is 16.4. The van der Waals surface area contributed by atoms with Gasteiger partial charge in [0.25, 0.3) is 11.8 Å². The van der Waals surface area contributed by atoms with Gasteiger partial charge in [-0.2, -0.15) is 0 Å². The molecule has 0 unspecified atom stereocenters. The van der Waals surface area contributed by atoms with Crippen molar-refractivity contribution < 1.29 is 24.3 Å². The van der Waals surface area contributed by atoms with Crippen LogP contribution in [0, 0.1) is 10.8 Å². The van der Waals surface area contributed by atoms with E-state index in [1.54, 1.807) is 67.0 Å². The summed E-state index contributed by atoms with van der Waals surface area (Å²) in [4.78, 5) is 72.4. The summed E-state index contributed by atoms with van der Waals surface area (Å²) in [7, 11) is 3.86. The van der Waals surface area contributed by atoms with Gasteiger partial charge in [-0.05, 0) is 97.1 Å². The lowest BCUT2D eigenvalue weighted by Crippen LogP contribution is -2.38. The first-order chi connectivity index (χ1) is 37.4. The average molecular weight is 1090 g/mol. The number of anilines is 4. The zero-order valence-corrected chi connectivity index (χ0v) is 45.9. The summed E-state index contributed by atoms with van der Waals surface area (Å²) < 4.78 is 0. The highest BCUT2D eigenvalue weighted by molar-refractivity contribution is 6.33. The van der Waals surface area contributed by atoms with Crippen molar-refractivity contribution in [2.75, 3.05) is 74.7 Å². The Kier molecular flexibility index (Phi) is 19.7. The number of nitrogens with zero attached hydrogens (tertiary/aromatic N) is 5. The Hall–Kier alpha value is -8.22. The van der Waals surface area contributed by atoms with E-state index in [1.165, 1.54) is 23.8 Å². The number of likely N-dealkylation sites (N-methyl/N-ethyl adjacent to an activating group) is 1. The third-order valence-electron chi connectivity index (χ3n) is 12.3. The molecule has 1 aliphatic rings. The number of allylic oxidation sites excluding steroid dienone is 1. The van der Waals surface area contributed by atoms with Crippen molar-refractivity contribution in [1.82, 2.24) is 40.5 Å². The number of aromatic nitrogens is 5. The van der Waals surface area contributed by atoms with Crippen molar-refractivity contribution in [1.29, 1.82) is 0 Å². The molecule has 0 atom stereocenters. The molecule has 4 aromatic carbocycles. The van der Waals surface area contributed by atoms with Gasteiger partial charge in [-0.15, -0.1) is 0 Å². The predicted molar refractivity (Wildman–Crippen MR) is 312 cm³/mol. The van der Waals surface area contributed by atoms with Crippen molar-refractivity contribution in [3.63, 3.8) is 0 Å². The van der Waals surface area contributed by atoms with E-state index in [1.807, 2.05) is 75.4 Å². The number of carbonyl (C=O) groups excluding carboxylic acids is 4. The van der Waals surface area contributed by atoms with Gasteiger partial charge >= 0.3 is 0 Å². The minimum atomic E-state index is -0.358. The minimum absolute atomic E-state index is 0.186. The lowest BCUT2D eigenvalue weighted by Gasteiger charge is -2.25. The molecule has 78 heavy (non-hydrogen) atoms. The Morgan fingerprint density at radius 3 is 1.73 bits per heavy atom. The number of hydrogen-bond acceptors (Lipinski definition) is 12. The fourth-order valence-corrected chi connectivity index (χ4v) is 8.36. The van der Waals surface area contributed by atoms with Crippen LogP contribution in [0.4, 0.5) is 23.3 Å². The number of fused-ring (bicyclic) bond motifs is 2. The topological polar surface area (TPSA) is 231 Å². The predicted octanol–water partition coefficient (Wildman–Crippen LogP) is 9.68. The molecule has 4 amide bonds. The van der Waals surface area contributed by atoms with Gasteiger partial charge in [0.1, 0.15) is 0 Å². The molecule has 8 rings (SSSR count). The van der Waals surface area contributed by atoms with Crippen LogP contribution >= 0.6 is 23.2 Å². The molecule has 1 aliphatic carbocycles. The summed E-state index contributed by atoms with van der Waals surface area (Å²) in [5.41, 5.74) is 8.22. The van der Waals surface area contributed by atoms with Crippen LogP contribution in [-0.4, -0.2) is 112 Å². The van der Waals surface area contributed by atoms with Crippen LogP contribution in [-0.2, 0) is 16.0 Å². The number of benzene rings is 4. The maximum absolute atomic E-state index is 12.8. The van der Waals surface area contributed by atoms with E-state index in [0.29, 0.717) is 88.6 Å². The van der Waals surface area contributed by atoms with Gasteiger partial charge < -0.3 is 46.9 Å². The number of carbonyl (C=O) groups is 4. The Bertz CT molecular complexity index is 3330. The number of aliphatic hydroxyl groups excluding tert-OH is 1. The number of para-hydroxylation sites is 1. The van der Waals surface area contributed by atoms with Crippen molar-refractivity contribution in [3.05, 3.63) is 184 Å². The van der Waals surface area contributed by atoms with Gasteiger partial charge in [0, 0.05) is 95.6 Å². The fraction of sp³-hybridized carbons (Fsp3) is 0.254. The Labute approximate surface area is 464 Å². The third-order valence-corrected chi connectivity index (χ3v) is 12.8. The molecule has 19 heteroatoms. The van der Waals surface area contributed by atoms with Gasteiger partial charge in [0.05, 0.1) is 40.4 Å². The second-order valence-corrected chi connectivity index (χ2v) is 21.1. The van der Waals surface area contributed by atoms with Crippen LogP contribution < -0.4 is 31.9 Å². The van der Waals surface area contributed by atoms with Crippen molar-refractivity contribution in [2.45, 2.75) is 34.1 Å². The van der Waals surface area contributed by atoms with Gasteiger partial charge in [-0.25, -0.2) is 19.9 Å². The standard InChI is InChI=1S/C31H35ClN6O2.C28H29ClN6O3/c1-31(2,19-34-29(40)22-11-14-23(15-12-22)36-27(39)10-7-17-38(3)4)20-35-30-33-18-26(32)28(37-30)25-16-13-21-8-5-6-9-24(21)25;1-28(2,16-32-26(38)18-9-11-19(12-10-18)34-24(37)8-5-13-36)17-33-27-31-15-22(29)25(35-27)21-14-30-23-7-4-3-6-20(21)23/h5-12,14-16,18H,13,17,19-20H2,1-4H3,(H,34,40)(H,36,39)(H,33,35,37);3-12,14-15,30,36H,13,16-17H2,1-2H3,(H,32,38)(H,34,37)(H,31,33,35)/b10-7+;8-5+. The molecular weight excluding hydrogens is 1030 g/mol. The fourth-order valence-electron chi connectivity index (χ4n) is 7.97. The number of nitrogens with one attached hydrogen (secondary N) is 7. The largest absolute Gasteiger partial charge is 0.392 e. The van der Waals surface area contributed by atoms with Crippen molar-refractivity contribution in [2.24, 2.45) is 10.8 Å². The molecule has 3 aromatic heterocycles. The lowest BCUT2D eigenvalue weighted by molar-refractivity contribution is -0.112. The average Bonchev–Trinajstić information content (AvgIpc) is 4.11. The maximum atomic E-state index is 12.8. The number of H-pyrrole nitrogens is 1. The molecular formula is C59H64Cl2N12O5. The molecule has 17 nitrogen and oxygen atoms in total. The van der Waals surface area contributed by atoms with Crippen molar-refractivity contribution in [3.8, 4) is 11.3 Å². The second kappa shape index (κ2) is 26.7. The highest BCUT2D eigenvalue weighted by atomic mass is 35.5. The van der Waals surface area contributed by atoms with E-state index in [-0.39, 0.29) is 41.1 Å². The highest BCUT2D eigenvalue weighted by Gasteiger charge is 2.24. The number of rotatable bonds is 21. The summed E-state index contributed by atoms with van der Waals surface area (Å²) in [6.07, 6.45) is 14.0. The van der Waals surface area contributed by atoms with Gasteiger partial charge in [-0.3, -0.25) is 19.2 Å². The molecule has 404 valence electrons. The van der Waals surface area contributed by atoms with Crippen LogP contribution in [0.3, 0.4) is 0 Å². The van der Waals surface area contributed by atoms with Crippen LogP contribution in [0.5, 0.6) is 0 Å². The van der Waals surface area contributed by atoms with E-state index >= 15 is 0 Å². The zero-order chi connectivity index (χ0) is 55.8. The first kappa shape index (κ1) is 57.5. The number of aromatic amines is 1. The van der Waals surface area contributed by atoms with Crippen LogP contribution in [0.1, 0.15) is 65.2 Å². The van der Waals surface area contributed by atoms with Crippen molar-refractivity contribution >= 4 is 86.6 Å². The van der Waals surface area contributed by atoms with Gasteiger partial charge in [0.15, 0.2) is 0 Å². The summed E-state index contributed by atoms with van der Waals surface area (Å²) in [5, 5.41) is 28.7. The number of amides is 4. The van der Waals surface area contributed by atoms with E-state index < -0.39 is 0 Å². The molecule has 0 aliphatic heterocycles. The first-order valence-electron chi connectivity index (χ1n) is 25.2. The van der Waals surface area contributed by atoms with Crippen LogP contribution in [0.15, 0.2) is 146 Å². The summed E-state index contributed by atoms with van der Waals surface area (Å²) in [6, 6.07) is 29.6. The van der Waals surface area contributed by atoms with Gasteiger partial charge in [0.2, 0.25) is 23.7 Å². The molecule has 0 spiro atoms. The molecule has 0 saturated carbocycles. The summed E-state index contributed by atoms with van der Waals surface area (Å²) in [6.45, 7) is 10.5. The number of halogens is 2. The monoisotopic (exact) mass is 1090 g/mol. The minimum Gasteiger partial charge on any atom is -0.392 e.